The number of carbonyl (C=O) groups excluding carboxylic acids is 1. The third-order valence-electron chi connectivity index (χ3n) is 6.99. The zero-order valence-electron chi connectivity index (χ0n) is 23.5. The third-order valence-corrected chi connectivity index (χ3v) is 7.32. The second-order valence-corrected chi connectivity index (χ2v) is 10.2. The summed E-state index contributed by atoms with van der Waals surface area (Å²) in [5.74, 6) is -2.26. The minimum absolute atomic E-state index is 0.0227. The Morgan fingerprint density at radius 2 is 2.12 bits per heavy atom. The molecule has 42 heavy (non-hydrogen) atoms. The zero-order valence-corrected chi connectivity index (χ0v) is 24.2. The highest BCUT2D eigenvalue weighted by atomic mass is 35.5. The van der Waals surface area contributed by atoms with Crippen molar-refractivity contribution in [1.82, 2.24) is 14.9 Å². The number of nitrogens with one attached hydrogen (secondary N) is 2. The molecule has 1 aliphatic rings. The topological polar surface area (TPSA) is 139 Å². The standard InChI is InChI=1S/C29H32ClF2N7O3/c1-16(29(39(2)12-11-17-6-5-13-42-17)38-21-8-4-7-20(30)19(21)14-40)37-28-23(27(34)35-15-36-28)26(33)18-9-10-22(41-3)25(32)24(18)31/h4,7-10,14-17,33H,5-6,11-13H2,1-3H3,(H3,34,35,36,37)/b33-26?,38-29-. The van der Waals surface area contributed by atoms with Gasteiger partial charge in [0.05, 0.1) is 46.8 Å². The summed E-state index contributed by atoms with van der Waals surface area (Å²) in [5.41, 5.74) is 5.95. The lowest BCUT2D eigenvalue weighted by Gasteiger charge is -2.28. The van der Waals surface area contributed by atoms with Crippen LogP contribution in [0.1, 0.15) is 47.7 Å². The van der Waals surface area contributed by atoms with Crippen LogP contribution in [0.3, 0.4) is 0 Å². The van der Waals surface area contributed by atoms with E-state index in [2.05, 4.69) is 15.3 Å². The molecule has 2 unspecified atom stereocenters. The normalized spacial score (nSPS) is 15.8. The SMILES string of the molecule is COc1ccc(C(=N)c2c(N)ncnc2NC(C)/C(=N/c2cccc(Cl)c2C=O)N(C)CCC2CCCO2)c(F)c1F. The molecule has 2 atom stereocenters. The van der Waals surface area contributed by atoms with E-state index in [0.29, 0.717) is 24.4 Å². The van der Waals surface area contributed by atoms with Crippen molar-refractivity contribution >= 4 is 46.8 Å². The van der Waals surface area contributed by atoms with Gasteiger partial charge in [-0.2, -0.15) is 4.39 Å². The number of methoxy groups -OCH3 is 1. The van der Waals surface area contributed by atoms with Crippen molar-refractivity contribution in [2.45, 2.75) is 38.3 Å². The molecule has 10 nitrogen and oxygen atoms in total. The lowest BCUT2D eigenvalue weighted by Crippen LogP contribution is -2.41. The fourth-order valence-electron chi connectivity index (χ4n) is 4.74. The Kier molecular flexibility index (Phi) is 10.0. The van der Waals surface area contributed by atoms with Gasteiger partial charge in [0.25, 0.3) is 0 Å². The number of aldehydes is 1. The van der Waals surface area contributed by atoms with Crippen LogP contribution in [0.4, 0.5) is 26.1 Å². The Balaban J connectivity index is 1.71. The minimum atomic E-state index is -1.26. The minimum Gasteiger partial charge on any atom is -0.494 e. The van der Waals surface area contributed by atoms with E-state index in [1.807, 2.05) is 18.9 Å². The monoisotopic (exact) mass is 599 g/mol. The van der Waals surface area contributed by atoms with E-state index in [0.717, 1.165) is 25.9 Å². The lowest BCUT2D eigenvalue weighted by atomic mass is 10.0. The van der Waals surface area contributed by atoms with Crippen molar-refractivity contribution in [1.29, 1.82) is 5.41 Å². The van der Waals surface area contributed by atoms with Crippen LogP contribution in [0, 0.1) is 17.0 Å². The van der Waals surface area contributed by atoms with Gasteiger partial charge in [-0.15, -0.1) is 0 Å². The maximum Gasteiger partial charge on any atom is 0.201 e. The second-order valence-electron chi connectivity index (χ2n) is 9.77. The Hall–Kier alpha value is -4.16. The molecule has 222 valence electrons. The number of nitrogens with zero attached hydrogens (tertiary/aromatic N) is 4. The lowest BCUT2D eigenvalue weighted by molar-refractivity contribution is 0.0998. The Morgan fingerprint density at radius 1 is 1.33 bits per heavy atom. The smallest absolute Gasteiger partial charge is 0.201 e. The molecule has 13 heteroatoms. The first-order valence-electron chi connectivity index (χ1n) is 13.3. The van der Waals surface area contributed by atoms with Gasteiger partial charge in [0.1, 0.15) is 23.8 Å². The molecule has 1 saturated heterocycles. The second kappa shape index (κ2) is 13.7. The number of aliphatic imine (C=N–C) groups is 1. The van der Waals surface area contributed by atoms with Gasteiger partial charge in [0, 0.05) is 25.8 Å². The van der Waals surface area contributed by atoms with E-state index in [-0.39, 0.29) is 45.2 Å². The molecule has 1 aromatic heterocycles. The molecule has 4 N–H and O–H groups in total. The molecule has 0 aliphatic carbocycles. The number of anilines is 2. The molecule has 0 saturated carbocycles. The molecule has 1 fully saturated rings. The van der Waals surface area contributed by atoms with Crippen LogP contribution in [-0.4, -0.2) is 72.2 Å². The molecule has 3 aromatic rings. The number of benzene rings is 2. The molecule has 0 bridgehead atoms. The summed E-state index contributed by atoms with van der Waals surface area (Å²) in [5, 5.41) is 12.2. The molecule has 4 rings (SSSR count). The predicted molar refractivity (Wildman–Crippen MR) is 159 cm³/mol. The number of aromatic nitrogens is 2. The highest BCUT2D eigenvalue weighted by Gasteiger charge is 2.26. The first-order valence-corrected chi connectivity index (χ1v) is 13.7. The molecule has 2 heterocycles. The van der Waals surface area contributed by atoms with Gasteiger partial charge >= 0.3 is 0 Å². The number of ether oxygens (including phenoxy) is 2. The highest BCUT2D eigenvalue weighted by Crippen LogP contribution is 2.29. The summed E-state index contributed by atoms with van der Waals surface area (Å²) in [6.45, 7) is 3.14. The summed E-state index contributed by atoms with van der Waals surface area (Å²) in [6.07, 6.45) is 4.74. The molecule has 2 aromatic carbocycles. The van der Waals surface area contributed by atoms with E-state index in [1.54, 1.807) is 18.2 Å². The highest BCUT2D eigenvalue weighted by molar-refractivity contribution is 6.33. The molecule has 0 amide bonds. The van der Waals surface area contributed by atoms with E-state index in [4.69, 9.17) is 37.2 Å². The van der Waals surface area contributed by atoms with Gasteiger partial charge in [-0.25, -0.2) is 19.4 Å². The quantitative estimate of drug-likeness (QED) is 0.154. The summed E-state index contributed by atoms with van der Waals surface area (Å²) >= 11 is 6.26. The summed E-state index contributed by atoms with van der Waals surface area (Å²) < 4.78 is 40.0. The molecular formula is C29H32ClF2N7O3. The molecule has 1 aliphatic heterocycles. The van der Waals surface area contributed by atoms with Gasteiger partial charge in [-0.05, 0) is 50.5 Å². The average molecular weight is 600 g/mol. The first-order chi connectivity index (χ1) is 20.2. The van der Waals surface area contributed by atoms with Crippen LogP contribution in [0.25, 0.3) is 0 Å². The van der Waals surface area contributed by atoms with Crippen LogP contribution in [0.5, 0.6) is 5.75 Å². The van der Waals surface area contributed by atoms with Gasteiger partial charge in [-0.1, -0.05) is 17.7 Å². The average Bonchev–Trinajstić information content (AvgIpc) is 3.49. The number of nitrogens with two attached hydrogens (primary N) is 1. The number of nitrogen functional groups attached to an aromatic ring is 1. The van der Waals surface area contributed by atoms with Crippen molar-refractivity contribution in [3.05, 3.63) is 70.0 Å². The number of hydrogen-bond donors (Lipinski definition) is 3. The van der Waals surface area contributed by atoms with Crippen molar-refractivity contribution in [2.24, 2.45) is 4.99 Å². The van der Waals surface area contributed by atoms with Crippen LogP contribution in [-0.2, 0) is 4.74 Å². The van der Waals surface area contributed by atoms with Crippen molar-refractivity contribution < 1.29 is 23.0 Å². The molecule has 0 radical (unpaired) electrons. The Labute approximate surface area is 247 Å². The van der Waals surface area contributed by atoms with Crippen LogP contribution >= 0.6 is 11.6 Å². The maximum absolute atomic E-state index is 14.9. The number of rotatable bonds is 11. The van der Waals surface area contributed by atoms with E-state index < -0.39 is 23.4 Å². The molecule has 0 spiro atoms. The van der Waals surface area contributed by atoms with Gasteiger partial charge in [0.2, 0.25) is 5.82 Å². The fraction of sp³-hybridized carbons (Fsp3) is 0.345. The van der Waals surface area contributed by atoms with Gasteiger partial charge < -0.3 is 25.4 Å². The summed E-state index contributed by atoms with van der Waals surface area (Å²) in [4.78, 5) is 26.8. The number of likely N-dealkylation sites (N-methyl/N-ethyl adjacent to an activating group) is 1. The first kappa shape index (κ1) is 30.8. The predicted octanol–water partition coefficient (Wildman–Crippen LogP) is 5.26. The Morgan fingerprint density at radius 3 is 2.81 bits per heavy atom. The summed E-state index contributed by atoms with van der Waals surface area (Å²) in [6, 6.07) is 6.86. The van der Waals surface area contributed by atoms with E-state index in [1.165, 1.54) is 25.6 Å². The van der Waals surface area contributed by atoms with Crippen molar-refractivity contribution in [3.8, 4) is 5.75 Å². The number of amidine groups is 1. The zero-order chi connectivity index (χ0) is 30.4. The third kappa shape index (κ3) is 6.66. The number of hydrogen-bond acceptors (Lipinski definition) is 9. The fourth-order valence-corrected chi connectivity index (χ4v) is 4.96. The maximum atomic E-state index is 14.9. The summed E-state index contributed by atoms with van der Waals surface area (Å²) in [7, 11) is 3.08. The largest absolute Gasteiger partial charge is 0.494 e. The van der Waals surface area contributed by atoms with Crippen molar-refractivity contribution in [2.75, 3.05) is 38.4 Å². The number of carbonyl (C=O) groups is 1. The van der Waals surface area contributed by atoms with Gasteiger partial charge in [0.15, 0.2) is 17.9 Å². The van der Waals surface area contributed by atoms with Gasteiger partial charge in [-0.3, -0.25) is 10.2 Å². The number of halogens is 3. The van der Waals surface area contributed by atoms with Crippen molar-refractivity contribution in [3.63, 3.8) is 0 Å². The van der Waals surface area contributed by atoms with Crippen LogP contribution < -0.4 is 15.8 Å². The molecular weight excluding hydrogens is 568 g/mol. The van der Waals surface area contributed by atoms with Crippen LogP contribution in [0.15, 0.2) is 41.7 Å². The van der Waals surface area contributed by atoms with E-state index >= 15 is 0 Å². The van der Waals surface area contributed by atoms with E-state index in [9.17, 15) is 13.6 Å². The van der Waals surface area contributed by atoms with Crippen LogP contribution in [0.2, 0.25) is 5.02 Å². The Bertz CT molecular complexity index is 1500.